The van der Waals surface area contributed by atoms with E-state index in [2.05, 4.69) is 34.3 Å². The summed E-state index contributed by atoms with van der Waals surface area (Å²) in [6, 6.07) is 1.74. The van der Waals surface area contributed by atoms with Gasteiger partial charge in [0.2, 0.25) is 0 Å². The standard InChI is InChI=1S/C13H20ClN5O/c1-4-9(5-2)10(14)7-15-11-6-12-17-18-13(20)19(12)8(3)16-11/h6,9-10,15H,4-5,7H2,1-3H3,(H,18,20). The fourth-order valence-corrected chi connectivity index (χ4v) is 2.79. The first-order chi connectivity index (χ1) is 9.56. The predicted octanol–water partition coefficient (Wildman–Crippen LogP) is 2.18. The van der Waals surface area contributed by atoms with Gasteiger partial charge in [0.25, 0.3) is 0 Å². The molecule has 2 heterocycles. The van der Waals surface area contributed by atoms with Gasteiger partial charge < -0.3 is 5.32 Å². The number of rotatable bonds is 6. The van der Waals surface area contributed by atoms with Crippen LogP contribution in [0.5, 0.6) is 0 Å². The highest BCUT2D eigenvalue weighted by atomic mass is 35.5. The van der Waals surface area contributed by atoms with Crippen molar-refractivity contribution in [2.24, 2.45) is 5.92 Å². The van der Waals surface area contributed by atoms with E-state index in [0.717, 1.165) is 12.8 Å². The van der Waals surface area contributed by atoms with Crippen LogP contribution in [0.4, 0.5) is 5.82 Å². The summed E-state index contributed by atoms with van der Waals surface area (Å²) in [7, 11) is 0. The van der Waals surface area contributed by atoms with Crippen LogP contribution >= 0.6 is 11.6 Å². The highest BCUT2D eigenvalue weighted by Gasteiger charge is 2.16. The van der Waals surface area contributed by atoms with Crippen LogP contribution in [0.15, 0.2) is 10.9 Å². The quantitative estimate of drug-likeness (QED) is 0.801. The van der Waals surface area contributed by atoms with Crippen molar-refractivity contribution in [3.05, 3.63) is 22.4 Å². The van der Waals surface area contributed by atoms with E-state index in [0.29, 0.717) is 29.8 Å². The van der Waals surface area contributed by atoms with Crippen LogP contribution in [0.2, 0.25) is 0 Å². The van der Waals surface area contributed by atoms with Crippen LogP contribution in [-0.2, 0) is 0 Å². The maximum absolute atomic E-state index is 11.5. The molecule has 0 radical (unpaired) electrons. The van der Waals surface area contributed by atoms with E-state index in [9.17, 15) is 4.79 Å². The number of fused-ring (bicyclic) bond motifs is 1. The average molecular weight is 298 g/mol. The van der Waals surface area contributed by atoms with Crippen LogP contribution < -0.4 is 11.0 Å². The van der Waals surface area contributed by atoms with E-state index in [1.165, 1.54) is 4.40 Å². The number of aromatic nitrogens is 4. The lowest BCUT2D eigenvalue weighted by Crippen LogP contribution is -2.23. The highest BCUT2D eigenvalue weighted by molar-refractivity contribution is 6.21. The molecule has 0 aliphatic heterocycles. The molecule has 0 bridgehead atoms. The van der Waals surface area contributed by atoms with Gasteiger partial charge in [-0.3, -0.25) is 0 Å². The summed E-state index contributed by atoms with van der Waals surface area (Å²) in [4.78, 5) is 15.9. The molecule has 1 unspecified atom stereocenters. The van der Waals surface area contributed by atoms with E-state index in [4.69, 9.17) is 11.6 Å². The molecule has 110 valence electrons. The van der Waals surface area contributed by atoms with Crippen molar-refractivity contribution in [2.45, 2.75) is 39.0 Å². The molecule has 2 N–H and O–H groups in total. The third-order valence-corrected chi connectivity index (χ3v) is 4.12. The van der Waals surface area contributed by atoms with Crippen molar-refractivity contribution in [3.63, 3.8) is 0 Å². The first-order valence-corrected chi connectivity index (χ1v) is 7.33. The molecule has 2 aromatic heterocycles. The Morgan fingerprint density at radius 2 is 2.15 bits per heavy atom. The van der Waals surface area contributed by atoms with Crippen LogP contribution in [0.25, 0.3) is 5.65 Å². The Bertz CT molecular complexity index is 631. The third-order valence-electron chi connectivity index (χ3n) is 3.61. The largest absolute Gasteiger partial charge is 0.368 e. The molecule has 0 amide bonds. The molecule has 0 spiro atoms. The second-order valence-electron chi connectivity index (χ2n) is 4.88. The fraction of sp³-hybridized carbons (Fsp3) is 0.615. The number of H-pyrrole nitrogens is 1. The van der Waals surface area contributed by atoms with Gasteiger partial charge in [0.05, 0.1) is 5.38 Å². The number of anilines is 1. The minimum Gasteiger partial charge on any atom is -0.368 e. The normalized spacial score (nSPS) is 13.1. The summed E-state index contributed by atoms with van der Waals surface area (Å²) >= 11 is 6.39. The molecule has 2 aromatic rings. The van der Waals surface area contributed by atoms with Crippen LogP contribution in [0.1, 0.15) is 32.5 Å². The molecule has 0 saturated heterocycles. The minimum atomic E-state index is -0.274. The summed E-state index contributed by atoms with van der Waals surface area (Å²) in [5.41, 5.74) is 0.280. The predicted molar refractivity (Wildman–Crippen MR) is 80.5 cm³/mol. The van der Waals surface area contributed by atoms with Gasteiger partial charge in [-0.2, -0.15) is 5.10 Å². The summed E-state index contributed by atoms with van der Waals surface area (Å²) in [5, 5.41) is 9.64. The molecule has 2 rings (SSSR count). The number of nitrogens with zero attached hydrogens (tertiary/aromatic N) is 3. The van der Waals surface area contributed by atoms with Gasteiger partial charge >= 0.3 is 5.69 Å². The molecule has 6 nitrogen and oxygen atoms in total. The first-order valence-electron chi connectivity index (χ1n) is 6.89. The van der Waals surface area contributed by atoms with Crippen molar-refractivity contribution in [1.82, 2.24) is 19.6 Å². The monoisotopic (exact) mass is 297 g/mol. The minimum absolute atomic E-state index is 0.0599. The Morgan fingerprint density at radius 3 is 2.80 bits per heavy atom. The van der Waals surface area contributed by atoms with E-state index >= 15 is 0 Å². The van der Waals surface area contributed by atoms with E-state index < -0.39 is 0 Å². The van der Waals surface area contributed by atoms with E-state index in [1.54, 1.807) is 13.0 Å². The molecule has 0 aliphatic rings. The van der Waals surface area contributed by atoms with Crippen molar-refractivity contribution in [2.75, 3.05) is 11.9 Å². The van der Waals surface area contributed by atoms with E-state index in [1.807, 2.05) is 0 Å². The SMILES string of the molecule is CCC(CC)C(Cl)CNc1cc2n[nH]c(=O)n2c(C)n1. The highest BCUT2D eigenvalue weighted by Crippen LogP contribution is 2.19. The topological polar surface area (TPSA) is 75.1 Å². The van der Waals surface area contributed by atoms with E-state index in [-0.39, 0.29) is 11.1 Å². The number of aryl methyl sites for hydroxylation is 1. The molecular weight excluding hydrogens is 278 g/mol. The van der Waals surface area contributed by atoms with Gasteiger partial charge in [0, 0.05) is 12.6 Å². The Balaban J connectivity index is 2.12. The first kappa shape index (κ1) is 14.8. The molecule has 0 aromatic carbocycles. The molecule has 7 heteroatoms. The molecular formula is C13H20ClN5O. The number of nitrogens with one attached hydrogen (secondary N) is 2. The summed E-state index contributed by atoms with van der Waals surface area (Å²) in [6.07, 6.45) is 2.12. The zero-order valence-electron chi connectivity index (χ0n) is 12.0. The van der Waals surface area contributed by atoms with Crippen molar-refractivity contribution in [1.29, 1.82) is 0 Å². The zero-order valence-corrected chi connectivity index (χ0v) is 12.7. The summed E-state index contributed by atoms with van der Waals surface area (Å²) in [5.74, 6) is 1.77. The Hall–Kier alpha value is -1.56. The van der Waals surface area contributed by atoms with Crippen LogP contribution in [0, 0.1) is 12.8 Å². The van der Waals surface area contributed by atoms with Gasteiger partial charge in [-0.05, 0) is 12.8 Å². The van der Waals surface area contributed by atoms with Gasteiger partial charge in [-0.15, -0.1) is 11.6 Å². The Morgan fingerprint density at radius 1 is 1.45 bits per heavy atom. The van der Waals surface area contributed by atoms with Crippen molar-refractivity contribution >= 4 is 23.1 Å². The van der Waals surface area contributed by atoms with Gasteiger partial charge in [0.1, 0.15) is 11.6 Å². The number of alkyl halides is 1. The van der Waals surface area contributed by atoms with Crippen molar-refractivity contribution in [3.8, 4) is 0 Å². The Labute approximate surface area is 122 Å². The molecule has 1 atom stereocenters. The van der Waals surface area contributed by atoms with Gasteiger partial charge in [-0.1, -0.05) is 26.7 Å². The molecule has 0 aliphatic carbocycles. The molecule has 20 heavy (non-hydrogen) atoms. The van der Waals surface area contributed by atoms with Gasteiger partial charge in [0.15, 0.2) is 5.65 Å². The van der Waals surface area contributed by atoms with Crippen molar-refractivity contribution < 1.29 is 0 Å². The smallest absolute Gasteiger partial charge is 0.349 e. The average Bonchev–Trinajstić information content (AvgIpc) is 2.80. The fourth-order valence-electron chi connectivity index (χ4n) is 2.36. The summed E-state index contributed by atoms with van der Waals surface area (Å²) in [6.45, 7) is 6.71. The maximum atomic E-state index is 11.5. The summed E-state index contributed by atoms with van der Waals surface area (Å²) < 4.78 is 1.43. The second kappa shape index (κ2) is 6.26. The third kappa shape index (κ3) is 2.95. The van der Waals surface area contributed by atoms with Gasteiger partial charge in [-0.25, -0.2) is 19.3 Å². The maximum Gasteiger partial charge on any atom is 0.349 e. The number of halogens is 1. The lowest BCUT2D eigenvalue weighted by Gasteiger charge is -2.19. The lowest BCUT2D eigenvalue weighted by molar-refractivity contribution is 0.475. The van der Waals surface area contributed by atoms with Crippen LogP contribution in [-0.4, -0.2) is 31.5 Å². The Kier molecular flexibility index (Phi) is 4.65. The number of aromatic amines is 1. The molecule has 0 saturated carbocycles. The zero-order chi connectivity index (χ0) is 14.7. The number of hydrogen-bond acceptors (Lipinski definition) is 4. The van der Waals surface area contributed by atoms with Crippen LogP contribution in [0.3, 0.4) is 0 Å². The molecule has 0 fully saturated rings. The number of hydrogen-bond donors (Lipinski definition) is 2. The lowest BCUT2D eigenvalue weighted by atomic mass is 9.99. The second-order valence-corrected chi connectivity index (χ2v) is 5.45.